The first kappa shape index (κ1) is 18.7. The number of hydrogen-bond donors (Lipinski definition) is 0. The van der Waals surface area contributed by atoms with E-state index in [4.69, 9.17) is 4.98 Å². The number of nitrogens with zero attached hydrogens (tertiary/aromatic N) is 2. The van der Waals surface area contributed by atoms with Gasteiger partial charge in [-0.2, -0.15) is 0 Å². The molecule has 1 aromatic heterocycles. The van der Waals surface area contributed by atoms with Crippen molar-refractivity contribution in [2.75, 3.05) is 0 Å². The molecule has 0 bridgehead atoms. The van der Waals surface area contributed by atoms with Crippen LogP contribution in [0.1, 0.15) is 58.8 Å². The minimum atomic E-state index is 0.285. The van der Waals surface area contributed by atoms with Crippen molar-refractivity contribution in [3.05, 3.63) is 48.3 Å². The molecule has 0 N–H and O–H groups in total. The second-order valence-corrected chi connectivity index (χ2v) is 12.2. The molecule has 1 heterocycles. The Morgan fingerprint density at radius 1 is 1.00 bits per heavy atom. The normalized spacial score (nSPS) is 41.3. The van der Waals surface area contributed by atoms with Crippen LogP contribution in [0.2, 0.25) is 0 Å². The molecule has 0 spiro atoms. The molecule has 4 aliphatic carbocycles. The Morgan fingerprint density at radius 2 is 1.83 bits per heavy atom. The second kappa shape index (κ2) is 6.45. The van der Waals surface area contributed by atoms with Crippen LogP contribution in [-0.2, 0) is 0 Å². The SMILES string of the molecule is C[C@]12CC[C@H](I)CC1=CC[C@@H]1[C@@H]2CC[C@]2(C)C(n3cnc4ccccc43)=CC[C@@H]12. The van der Waals surface area contributed by atoms with Gasteiger partial charge in [-0.3, -0.25) is 0 Å². The number of aromatic nitrogens is 2. The van der Waals surface area contributed by atoms with E-state index in [0.717, 1.165) is 27.2 Å². The second-order valence-electron chi connectivity index (χ2n) is 10.5. The Hall–Kier alpha value is -1.10. The number of rotatable bonds is 1. The zero-order valence-electron chi connectivity index (χ0n) is 17.6. The van der Waals surface area contributed by atoms with Crippen molar-refractivity contribution in [1.29, 1.82) is 0 Å². The van der Waals surface area contributed by atoms with Gasteiger partial charge in [0.25, 0.3) is 0 Å². The summed E-state index contributed by atoms with van der Waals surface area (Å²) in [7, 11) is 0. The average Bonchev–Trinajstić information content (AvgIpc) is 3.29. The summed E-state index contributed by atoms with van der Waals surface area (Å²) in [6, 6.07) is 8.60. The lowest BCUT2D eigenvalue weighted by molar-refractivity contribution is -0.0104. The molecular weight excluding hydrogens is 467 g/mol. The van der Waals surface area contributed by atoms with E-state index in [1.807, 2.05) is 0 Å². The molecule has 1 aromatic carbocycles. The predicted octanol–water partition coefficient (Wildman–Crippen LogP) is 7.25. The number of hydrogen-bond acceptors (Lipinski definition) is 1. The molecule has 2 fully saturated rings. The smallest absolute Gasteiger partial charge is 0.100 e. The summed E-state index contributed by atoms with van der Waals surface area (Å²) >= 11 is 2.68. The molecule has 2 nitrogen and oxygen atoms in total. The van der Waals surface area contributed by atoms with E-state index in [-0.39, 0.29) is 5.41 Å². The fourth-order valence-corrected chi connectivity index (χ4v) is 8.47. The average molecular weight is 498 g/mol. The minimum Gasteiger partial charge on any atom is -0.302 e. The Labute approximate surface area is 188 Å². The van der Waals surface area contributed by atoms with Gasteiger partial charge in [0, 0.05) is 15.0 Å². The first-order chi connectivity index (χ1) is 14.0. The van der Waals surface area contributed by atoms with E-state index in [2.05, 4.69) is 83.8 Å². The van der Waals surface area contributed by atoms with Gasteiger partial charge in [-0.1, -0.05) is 66.3 Å². The summed E-state index contributed by atoms with van der Waals surface area (Å²) in [6.45, 7) is 5.18. The Bertz CT molecular complexity index is 1030. The van der Waals surface area contributed by atoms with Crippen LogP contribution in [0.5, 0.6) is 0 Å². The number of imidazole rings is 1. The molecule has 2 saturated carbocycles. The van der Waals surface area contributed by atoms with Crippen LogP contribution in [0.25, 0.3) is 16.7 Å². The monoisotopic (exact) mass is 498 g/mol. The van der Waals surface area contributed by atoms with E-state index >= 15 is 0 Å². The molecule has 2 aromatic rings. The number of para-hydroxylation sites is 2. The van der Waals surface area contributed by atoms with Crippen molar-refractivity contribution in [2.45, 2.75) is 62.7 Å². The quantitative estimate of drug-likeness (QED) is 0.230. The Kier molecular flexibility index (Phi) is 4.15. The van der Waals surface area contributed by atoms with E-state index in [1.54, 1.807) is 5.57 Å². The van der Waals surface area contributed by atoms with Gasteiger partial charge in [-0.15, -0.1) is 0 Å². The fraction of sp³-hybridized carbons (Fsp3) is 0.577. The van der Waals surface area contributed by atoms with Crippen molar-refractivity contribution in [2.24, 2.45) is 28.6 Å². The van der Waals surface area contributed by atoms with Crippen molar-refractivity contribution in [1.82, 2.24) is 9.55 Å². The summed E-state index contributed by atoms with van der Waals surface area (Å²) in [5, 5.41) is 0. The molecule has 152 valence electrons. The molecule has 0 amide bonds. The maximum atomic E-state index is 4.70. The van der Waals surface area contributed by atoms with Gasteiger partial charge in [-0.05, 0) is 80.2 Å². The molecule has 0 radical (unpaired) electrons. The van der Waals surface area contributed by atoms with Gasteiger partial charge in [-0.25, -0.2) is 4.98 Å². The molecule has 0 aliphatic heterocycles. The van der Waals surface area contributed by atoms with Gasteiger partial charge in [0.05, 0.1) is 11.0 Å². The number of halogens is 1. The topological polar surface area (TPSA) is 17.8 Å². The lowest BCUT2D eigenvalue weighted by atomic mass is 9.48. The summed E-state index contributed by atoms with van der Waals surface area (Å²) in [4.78, 5) is 4.70. The first-order valence-corrected chi connectivity index (χ1v) is 12.7. The lowest BCUT2D eigenvalue weighted by Crippen LogP contribution is -2.49. The molecule has 4 aliphatic rings. The van der Waals surface area contributed by atoms with Crippen LogP contribution >= 0.6 is 22.6 Å². The fourth-order valence-electron chi connectivity index (χ4n) is 7.69. The number of alkyl halides is 1. The van der Waals surface area contributed by atoms with E-state index < -0.39 is 0 Å². The summed E-state index contributed by atoms with van der Waals surface area (Å²) in [5.74, 6) is 2.51. The van der Waals surface area contributed by atoms with Crippen LogP contribution in [-0.4, -0.2) is 13.5 Å². The minimum absolute atomic E-state index is 0.285. The molecule has 6 atom stereocenters. The maximum Gasteiger partial charge on any atom is 0.100 e. The van der Waals surface area contributed by atoms with Crippen molar-refractivity contribution >= 4 is 39.3 Å². The first-order valence-electron chi connectivity index (χ1n) is 11.5. The van der Waals surface area contributed by atoms with Crippen LogP contribution in [0.15, 0.2) is 48.3 Å². The molecule has 29 heavy (non-hydrogen) atoms. The zero-order chi connectivity index (χ0) is 19.8. The van der Waals surface area contributed by atoms with E-state index in [9.17, 15) is 0 Å². The maximum absolute atomic E-state index is 4.70. The van der Waals surface area contributed by atoms with Crippen LogP contribution in [0.3, 0.4) is 0 Å². The Balaban J connectivity index is 1.36. The summed E-state index contributed by atoms with van der Waals surface area (Å²) in [6.07, 6.45) is 16.7. The number of allylic oxidation sites excluding steroid dienone is 4. The van der Waals surface area contributed by atoms with Crippen LogP contribution in [0.4, 0.5) is 0 Å². The molecule has 6 rings (SSSR count). The highest BCUT2D eigenvalue weighted by Crippen LogP contribution is 2.66. The summed E-state index contributed by atoms with van der Waals surface area (Å²) in [5.41, 5.74) is 6.46. The largest absolute Gasteiger partial charge is 0.302 e. The molecule has 0 saturated heterocycles. The van der Waals surface area contributed by atoms with Gasteiger partial charge >= 0.3 is 0 Å². The van der Waals surface area contributed by atoms with Gasteiger partial charge in [0.1, 0.15) is 6.33 Å². The van der Waals surface area contributed by atoms with Crippen molar-refractivity contribution in [3.63, 3.8) is 0 Å². The highest BCUT2D eigenvalue weighted by atomic mass is 127. The van der Waals surface area contributed by atoms with E-state index in [1.165, 1.54) is 56.2 Å². The third-order valence-corrected chi connectivity index (χ3v) is 10.4. The predicted molar refractivity (Wildman–Crippen MR) is 129 cm³/mol. The highest BCUT2D eigenvalue weighted by molar-refractivity contribution is 14.1. The molecule has 0 unspecified atom stereocenters. The zero-order valence-corrected chi connectivity index (χ0v) is 19.7. The summed E-state index contributed by atoms with van der Waals surface area (Å²) < 4.78 is 3.26. The third-order valence-electron chi connectivity index (χ3n) is 9.30. The van der Waals surface area contributed by atoms with Crippen molar-refractivity contribution in [3.8, 4) is 0 Å². The van der Waals surface area contributed by atoms with Crippen LogP contribution < -0.4 is 0 Å². The van der Waals surface area contributed by atoms with Gasteiger partial charge in [0.15, 0.2) is 0 Å². The third kappa shape index (κ3) is 2.55. The lowest BCUT2D eigenvalue weighted by Gasteiger charge is -2.57. The molecule has 3 heteroatoms. The van der Waals surface area contributed by atoms with Gasteiger partial charge < -0.3 is 4.57 Å². The highest BCUT2D eigenvalue weighted by Gasteiger charge is 2.57. The van der Waals surface area contributed by atoms with E-state index in [0.29, 0.717) is 5.41 Å². The number of fused-ring (bicyclic) bond motifs is 6. The standard InChI is InChI=1S/C26H31IN2/c1-25-13-11-18(27)15-17(25)7-8-19-20-9-10-24(26(20,2)14-12-21(19)25)29-16-28-22-5-3-4-6-23(22)29/h3-7,10,16,18-21H,8-9,11-15H2,1-2H3/t18-,19-,20-,21-,25-,26-/m0/s1. The molecular formula is C26H31IN2. The van der Waals surface area contributed by atoms with Crippen LogP contribution in [0, 0.1) is 28.6 Å². The van der Waals surface area contributed by atoms with Gasteiger partial charge in [0.2, 0.25) is 0 Å². The Morgan fingerprint density at radius 3 is 2.72 bits per heavy atom. The number of benzene rings is 1. The van der Waals surface area contributed by atoms with Crippen molar-refractivity contribution < 1.29 is 0 Å².